The molecule has 0 aromatic carbocycles. The third-order valence-electron chi connectivity index (χ3n) is 2.46. The largest absolute Gasteiger partial charge is 0.337 e. The van der Waals surface area contributed by atoms with Gasteiger partial charge in [-0.05, 0) is 19.1 Å². The number of aromatic amines is 1. The number of aryl methyl sites for hydroxylation is 1. The van der Waals surface area contributed by atoms with Crippen LogP contribution in [0.25, 0.3) is 0 Å². The number of nitrogens with zero attached hydrogens (tertiary/aromatic N) is 4. The van der Waals surface area contributed by atoms with Gasteiger partial charge >= 0.3 is 0 Å². The van der Waals surface area contributed by atoms with Gasteiger partial charge in [0.15, 0.2) is 5.82 Å². The fourth-order valence-electron chi connectivity index (χ4n) is 1.45. The predicted octanol–water partition coefficient (Wildman–Crippen LogP) is 1.26. The Morgan fingerprint density at radius 2 is 2.16 bits per heavy atom. The van der Waals surface area contributed by atoms with Crippen molar-refractivity contribution in [1.29, 1.82) is 0 Å². The van der Waals surface area contributed by atoms with Gasteiger partial charge in [-0.2, -0.15) is 5.10 Å². The van der Waals surface area contributed by atoms with Gasteiger partial charge in [-0.1, -0.05) is 0 Å². The first-order chi connectivity index (χ1) is 9.15. The molecule has 0 fully saturated rings. The van der Waals surface area contributed by atoms with Crippen LogP contribution in [0, 0.1) is 6.92 Å². The van der Waals surface area contributed by atoms with Gasteiger partial charge in [0.2, 0.25) is 5.91 Å². The number of H-pyrrole nitrogens is 1. The van der Waals surface area contributed by atoms with Crippen LogP contribution in [0.4, 0.5) is 0 Å². The molecule has 2 rings (SSSR count). The van der Waals surface area contributed by atoms with E-state index in [1.54, 1.807) is 24.3 Å². The second-order valence-corrected chi connectivity index (χ2v) is 5.11. The van der Waals surface area contributed by atoms with E-state index in [0.717, 1.165) is 10.7 Å². The molecule has 2 heterocycles. The number of nitrogens with one attached hydrogen (secondary N) is 1. The maximum Gasteiger partial charge on any atom is 0.233 e. The second kappa shape index (κ2) is 6.33. The molecule has 0 aliphatic rings. The lowest BCUT2D eigenvalue weighted by atomic mass is 10.5. The minimum Gasteiger partial charge on any atom is -0.337 e. The lowest BCUT2D eigenvalue weighted by Gasteiger charge is -2.14. The topological polar surface area (TPSA) is 74.8 Å². The molecule has 6 nitrogen and oxygen atoms in total. The lowest BCUT2D eigenvalue weighted by Crippen LogP contribution is -2.28. The summed E-state index contributed by atoms with van der Waals surface area (Å²) in [6.07, 6.45) is 3.43. The molecule has 2 aromatic rings. The Bertz CT molecular complexity index is 542. The third kappa shape index (κ3) is 4.06. The van der Waals surface area contributed by atoms with E-state index in [2.05, 4.69) is 20.2 Å². The van der Waals surface area contributed by atoms with E-state index in [-0.39, 0.29) is 5.91 Å². The molecule has 0 bridgehead atoms. The average Bonchev–Trinajstić information content (AvgIpc) is 2.82. The summed E-state index contributed by atoms with van der Waals surface area (Å²) in [5.74, 6) is 1.82. The summed E-state index contributed by atoms with van der Waals surface area (Å²) in [7, 11) is 1.75. The zero-order valence-corrected chi connectivity index (χ0v) is 11.6. The number of amides is 1. The van der Waals surface area contributed by atoms with Crippen LogP contribution in [0.5, 0.6) is 0 Å². The number of carbonyl (C=O) groups is 1. The first-order valence-corrected chi connectivity index (χ1v) is 6.78. The van der Waals surface area contributed by atoms with Crippen LogP contribution in [-0.2, 0) is 11.3 Å². The Balaban J connectivity index is 1.82. The zero-order chi connectivity index (χ0) is 13.7. The summed E-state index contributed by atoms with van der Waals surface area (Å²) in [4.78, 5) is 22.7. The predicted molar refractivity (Wildman–Crippen MR) is 72.6 cm³/mol. The van der Waals surface area contributed by atoms with Crippen molar-refractivity contribution in [2.24, 2.45) is 0 Å². The SMILES string of the molecule is Cc1nc(CN(C)C(=O)CSc2ccncc2)n[nH]1. The van der Waals surface area contributed by atoms with Gasteiger partial charge in [0, 0.05) is 24.3 Å². The van der Waals surface area contributed by atoms with Crippen LogP contribution < -0.4 is 0 Å². The smallest absolute Gasteiger partial charge is 0.233 e. The standard InChI is InChI=1S/C12H15N5OS/c1-9-14-11(16-15-9)7-17(2)12(18)8-19-10-3-5-13-6-4-10/h3-6H,7-8H2,1-2H3,(H,14,15,16). The molecule has 1 amide bonds. The molecule has 2 aromatic heterocycles. The molecular weight excluding hydrogens is 262 g/mol. The first kappa shape index (κ1) is 13.5. The fraction of sp³-hybridized carbons (Fsp3) is 0.333. The molecule has 19 heavy (non-hydrogen) atoms. The Hall–Kier alpha value is -1.89. The van der Waals surface area contributed by atoms with Crippen LogP contribution in [0.3, 0.4) is 0 Å². The maximum absolute atomic E-state index is 12.0. The Morgan fingerprint density at radius 1 is 1.42 bits per heavy atom. The molecular formula is C12H15N5OS. The van der Waals surface area contributed by atoms with Crippen LogP contribution in [0.2, 0.25) is 0 Å². The highest BCUT2D eigenvalue weighted by Crippen LogP contribution is 2.16. The van der Waals surface area contributed by atoms with Crippen LogP contribution >= 0.6 is 11.8 Å². The minimum atomic E-state index is 0.0456. The first-order valence-electron chi connectivity index (χ1n) is 5.80. The summed E-state index contributed by atoms with van der Waals surface area (Å²) in [6, 6.07) is 3.77. The van der Waals surface area contributed by atoms with E-state index in [1.807, 2.05) is 19.1 Å². The van der Waals surface area contributed by atoms with Gasteiger partial charge in [0.25, 0.3) is 0 Å². The van der Waals surface area contributed by atoms with Crippen molar-refractivity contribution in [3.63, 3.8) is 0 Å². The number of aromatic nitrogens is 4. The Morgan fingerprint density at radius 3 is 2.79 bits per heavy atom. The molecule has 0 saturated heterocycles. The summed E-state index contributed by atoms with van der Waals surface area (Å²) in [5.41, 5.74) is 0. The number of hydrogen-bond donors (Lipinski definition) is 1. The molecule has 0 aliphatic carbocycles. The molecule has 0 spiro atoms. The van der Waals surface area contributed by atoms with Crippen LogP contribution in [-0.4, -0.2) is 43.8 Å². The van der Waals surface area contributed by atoms with Crippen molar-refractivity contribution < 1.29 is 4.79 Å². The van der Waals surface area contributed by atoms with Crippen LogP contribution in [0.1, 0.15) is 11.6 Å². The molecule has 0 radical (unpaired) electrons. The molecule has 7 heteroatoms. The molecule has 0 atom stereocenters. The number of carbonyl (C=O) groups excluding carboxylic acids is 1. The molecule has 1 N–H and O–H groups in total. The highest BCUT2D eigenvalue weighted by molar-refractivity contribution is 8.00. The van der Waals surface area contributed by atoms with Gasteiger partial charge in [0.05, 0.1) is 12.3 Å². The summed E-state index contributed by atoms with van der Waals surface area (Å²) in [5, 5.41) is 6.77. The lowest BCUT2D eigenvalue weighted by molar-refractivity contribution is -0.127. The van der Waals surface area contributed by atoms with Crippen molar-refractivity contribution in [2.75, 3.05) is 12.8 Å². The van der Waals surface area contributed by atoms with Crippen molar-refractivity contribution in [3.8, 4) is 0 Å². The quantitative estimate of drug-likeness (QED) is 0.833. The second-order valence-electron chi connectivity index (χ2n) is 4.06. The van der Waals surface area contributed by atoms with Gasteiger partial charge in [-0.25, -0.2) is 4.98 Å². The highest BCUT2D eigenvalue weighted by atomic mass is 32.2. The summed E-state index contributed by atoms with van der Waals surface area (Å²) >= 11 is 1.49. The zero-order valence-electron chi connectivity index (χ0n) is 10.8. The molecule has 0 saturated carbocycles. The number of hydrogen-bond acceptors (Lipinski definition) is 5. The molecule has 0 aliphatic heterocycles. The molecule has 100 valence electrons. The Kier molecular flexibility index (Phi) is 4.51. The number of rotatable bonds is 5. The van der Waals surface area contributed by atoms with Crippen molar-refractivity contribution >= 4 is 17.7 Å². The van der Waals surface area contributed by atoms with Gasteiger partial charge in [-0.15, -0.1) is 11.8 Å². The average molecular weight is 277 g/mol. The third-order valence-corrected chi connectivity index (χ3v) is 3.46. The fourth-order valence-corrected chi connectivity index (χ4v) is 2.27. The normalized spacial score (nSPS) is 10.4. The molecule has 0 unspecified atom stereocenters. The van der Waals surface area contributed by atoms with E-state index in [0.29, 0.717) is 18.1 Å². The van der Waals surface area contributed by atoms with E-state index in [4.69, 9.17) is 0 Å². The highest BCUT2D eigenvalue weighted by Gasteiger charge is 2.12. The number of pyridine rings is 1. The van der Waals surface area contributed by atoms with Crippen molar-refractivity contribution in [3.05, 3.63) is 36.2 Å². The van der Waals surface area contributed by atoms with Gasteiger partial charge < -0.3 is 4.90 Å². The van der Waals surface area contributed by atoms with Gasteiger partial charge in [0.1, 0.15) is 5.82 Å². The number of thioether (sulfide) groups is 1. The monoisotopic (exact) mass is 277 g/mol. The van der Waals surface area contributed by atoms with E-state index >= 15 is 0 Å². The van der Waals surface area contributed by atoms with E-state index < -0.39 is 0 Å². The minimum absolute atomic E-state index is 0.0456. The van der Waals surface area contributed by atoms with Crippen molar-refractivity contribution in [2.45, 2.75) is 18.4 Å². The van der Waals surface area contributed by atoms with Gasteiger partial charge in [-0.3, -0.25) is 14.9 Å². The van der Waals surface area contributed by atoms with Crippen LogP contribution in [0.15, 0.2) is 29.4 Å². The summed E-state index contributed by atoms with van der Waals surface area (Å²) < 4.78 is 0. The van der Waals surface area contributed by atoms with E-state index in [9.17, 15) is 4.79 Å². The summed E-state index contributed by atoms with van der Waals surface area (Å²) in [6.45, 7) is 2.25. The van der Waals surface area contributed by atoms with E-state index in [1.165, 1.54) is 11.8 Å². The van der Waals surface area contributed by atoms with Crippen molar-refractivity contribution in [1.82, 2.24) is 25.1 Å². The maximum atomic E-state index is 12.0. The Labute approximate surface area is 115 Å².